The summed E-state index contributed by atoms with van der Waals surface area (Å²) in [6.07, 6.45) is 1.31. The van der Waals surface area contributed by atoms with Gasteiger partial charge in [-0.2, -0.15) is 0 Å². The van der Waals surface area contributed by atoms with Crippen LogP contribution in [0.4, 0.5) is 10.5 Å². The third kappa shape index (κ3) is 4.21. The summed E-state index contributed by atoms with van der Waals surface area (Å²) >= 11 is 0. The molecule has 0 atom stereocenters. The molecule has 0 saturated heterocycles. The quantitative estimate of drug-likeness (QED) is 0.935. The second-order valence-electron chi connectivity index (χ2n) is 4.69. The van der Waals surface area contributed by atoms with Crippen molar-refractivity contribution in [2.75, 3.05) is 12.4 Å². The van der Waals surface area contributed by atoms with Gasteiger partial charge in [0.15, 0.2) is 0 Å². The molecule has 1 aromatic carbocycles. The fourth-order valence-electron chi connectivity index (χ4n) is 1.78. The van der Waals surface area contributed by atoms with Gasteiger partial charge in [-0.15, -0.1) is 0 Å². The Kier molecular flexibility index (Phi) is 4.77. The lowest BCUT2D eigenvalue weighted by Crippen LogP contribution is -2.11. The summed E-state index contributed by atoms with van der Waals surface area (Å²) in [7, 11) is 1.33. The van der Waals surface area contributed by atoms with Crippen molar-refractivity contribution in [2.45, 2.75) is 20.5 Å². The zero-order valence-electron chi connectivity index (χ0n) is 12.3. The summed E-state index contributed by atoms with van der Waals surface area (Å²) in [5, 5.41) is 2.64. The highest BCUT2D eigenvalue weighted by molar-refractivity contribution is 5.85. The fourth-order valence-corrected chi connectivity index (χ4v) is 1.78. The molecule has 0 unspecified atom stereocenters. The molecule has 0 radical (unpaired) electrons. The molecule has 5 heteroatoms. The number of benzene rings is 1. The minimum atomic E-state index is -0.488. The van der Waals surface area contributed by atoms with Gasteiger partial charge in [-0.25, -0.2) is 4.79 Å². The lowest BCUT2D eigenvalue weighted by molar-refractivity contribution is 0.187. The smallest absolute Gasteiger partial charge is 0.411 e. The molecule has 1 amide bonds. The molecule has 1 N–H and O–H groups in total. The van der Waals surface area contributed by atoms with Gasteiger partial charge in [0.2, 0.25) is 0 Å². The molecule has 0 saturated carbocycles. The number of carbonyl (C=O) groups is 1. The van der Waals surface area contributed by atoms with Crippen molar-refractivity contribution in [3.8, 4) is 5.75 Å². The topological polar surface area (TPSA) is 60.5 Å². The average molecular weight is 286 g/mol. The van der Waals surface area contributed by atoms with Gasteiger partial charge in [-0.1, -0.05) is 6.07 Å². The summed E-state index contributed by atoms with van der Waals surface area (Å²) in [5.41, 5.74) is 3.59. The van der Waals surface area contributed by atoms with Crippen LogP contribution < -0.4 is 10.1 Å². The SMILES string of the molecule is COC(=O)Nc1ccc(OCc2ccc(C)nc2)cc1C. The highest BCUT2D eigenvalue weighted by Crippen LogP contribution is 2.22. The van der Waals surface area contributed by atoms with Crippen molar-refractivity contribution in [3.63, 3.8) is 0 Å². The highest BCUT2D eigenvalue weighted by atomic mass is 16.5. The second-order valence-corrected chi connectivity index (χ2v) is 4.69. The number of carbonyl (C=O) groups excluding carboxylic acids is 1. The first-order valence-corrected chi connectivity index (χ1v) is 6.58. The number of hydrogen-bond donors (Lipinski definition) is 1. The lowest BCUT2D eigenvalue weighted by atomic mass is 10.2. The van der Waals surface area contributed by atoms with E-state index in [9.17, 15) is 4.79 Å². The predicted molar refractivity (Wildman–Crippen MR) is 80.5 cm³/mol. The van der Waals surface area contributed by atoms with Crippen LogP contribution in [0.25, 0.3) is 0 Å². The van der Waals surface area contributed by atoms with Crippen LogP contribution in [0.2, 0.25) is 0 Å². The van der Waals surface area contributed by atoms with E-state index in [1.54, 1.807) is 18.3 Å². The Labute approximate surface area is 123 Å². The van der Waals surface area contributed by atoms with Crippen molar-refractivity contribution in [3.05, 3.63) is 53.3 Å². The van der Waals surface area contributed by atoms with Gasteiger partial charge in [0.25, 0.3) is 0 Å². The first-order valence-electron chi connectivity index (χ1n) is 6.58. The van der Waals surface area contributed by atoms with Crippen LogP contribution in [0.15, 0.2) is 36.5 Å². The first kappa shape index (κ1) is 14.8. The van der Waals surface area contributed by atoms with Gasteiger partial charge in [-0.3, -0.25) is 10.3 Å². The molecular formula is C16H18N2O3. The molecule has 0 aliphatic carbocycles. The van der Waals surface area contributed by atoms with Crippen molar-refractivity contribution < 1.29 is 14.3 Å². The zero-order valence-corrected chi connectivity index (χ0v) is 12.3. The molecule has 1 aromatic heterocycles. The summed E-state index contributed by atoms with van der Waals surface area (Å²) in [6, 6.07) is 9.40. The molecule has 0 aliphatic rings. The van der Waals surface area contributed by atoms with E-state index in [4.69, 9.17) is 4.74 Å². The minimum absolute atomic E-state index is 0.455. The van der Waals surface area contributed by atoms with Gasteiger partial charge in [0, 0.05) is 23.1 Å². The molecular weight excluding hydrogens is 268 g/mol. The van der Waals surface area contributed by atoms with Crippen LogP contribution >= 0.6 is 0 Å². The Balaban J connectivity index is 1.99. The Morgan fingerprint density at radius 3 is 2.67 bits per heavy atom. The normalized spacial score (nSPS) is 10.0. The van der Waals surface area contributed by atoms with E-state index >= 15 is 0 Å². The largest absolute Gasteiger partial charge is 0.489 e. The number of amides is 1. The zero-order chi connectivity index (χ0) is 15.2. The number of nitrogens with one attached hydrogen (secondary N) is 1. The molecule has 2 rings (SSSR count). The van der Waals surface area contributed by atoms with Crippen molar-refractivity contribution >= 4 is 11.8 Å². The number of nitrogens with zero attached hydrogens (tertiary/aromatic N) is 1. The number of aryl methyl sites for hydroxylation is 2. The summed E-state index contributed by atoms with van der Waals surface area (Å²) in [6.45, 7) is 4.29. The number of pyridine rings is 1. The molecule has 0 bridgehead atoms. The van der Waals surface area contributed by atoms with Gasteiger partial charge in [0.1, 0.15) is 12.4 Å². The number of anilines is 1. The molecule has 5 nitrogen and oxygen atoms in total. The highest BCUT2D eigenvalue weighted by Gasteiger charge is 2.05. The molecule has 0 fully saturated rings. The van der Waals surface area contributed by atoms with E-state index in [0.717, 1.165) is 22.6 Å². The predicted octanol–water partition coefficient (Wildman–Crippen LogP) is 3.46. The molecule has 0 spiro atoms. The van der Waals surface area contributed by atoms with Gasteiger partial charge < -0.3 is 9.47 Å². The van der Waals surface area contributed by atoms with E-state index in [1.165, 1.54) is 7.11 Å². The maximum Gasteiger partial charge on any atom is 0.411 e. The Morgan fingerprint density at radius 2 is 2.05 bits per heavy atom. The van der Waals surface area contributed by atoms with Crippen LogP contribution in [0.5, 0.6) is 5.75 Å². The second kappa shape index (κ2) is 6.74. The maximum atomic E-state index is 11.2. The van der Waals surface area contributed by atoms with Crippen LogP contribution in [-0.2, 0) is 11.3 Å². The third-order valence-electron chi connectivity index (χ3n) is 3.00. The van der Waals surface area contributed by atoms with Crippen LogP contribution in [0.3, 0.4) is 0 Å². The summed E-state index contributed by atoms with van der Waals surface area (Å²) in [5.74, 6) is 0.739. The van der Waals surface area contributed by atoms with E-state index in [1.807, 2.05) is 32.0 Å². The molecule has 2 aromatic rings. The third-order valence-corrected chi connectivity index (χ3v) is 3.00. The Morgan fingerprint density at radius 1 is 1.24 bits per heavy atom. The standard InChI is InChI=1S/C16H18N2O3/c1-11-8-14(6-7-15(11)18-16(19)20-3)21-10-13-5-4-12(2)17-9-13/h4-9H,10H2,1-3H3,(H,18,19). The van der Waals surface area contributed by atoms with Crippen LogP contribution in [-0.4, -0.2) is 18.2 Å². The van der Waals surface area contributed by atoms with E-state index in [2.05, 4.69) is 15.0 Å². The van der Waals surface area contributed by atoms with Gasteiger partial charge in [0.05, 0.1) is 7.11 Å². The Hall–Kier alpha value is -2.56. The molecule has 110 valence electrons. The first-order chi connectivity index (χ1) is 10.1. The van der Waals surface area contributed by atoms with Gasteiger partial charge >= 0.3 is 6.09 Å². The van der Waals surface area contributed by atoms with Crippen molar-refractivity contribution in [1.29, 1.82) is 0 Å². The number of hydrogen-bond acceptors (Lipinski definition) is 4. The Bertz CT molecular complexity index is 624. The molecule has 0 aliphatic heterocycles. The number of ether oxygens (including phenoxy) is 2. The monoisotopic (exact) mass is 286 g/mol. The number of methoxy groups -OCH3 is 1. The molecule has 21 heavy (non-hydrogen) atoms. The number of aromatic nitrogens is 1. The fraction of sp³-hybridized carbons (Fsp3) is 0.250. The van der Waals surface area contributed by atoms with E-state index < -0.39 is 6.09 Å². The summed E-state index contributed by atoms with van der Waals surface area (Å²) < 4.78 is 10.3. The van der Waals surface area contributed by atoms with Gasteiger partial charge in [-0.05, 0) is 43.7 Å². The van der Waals surface area contributed by atoms with Crippen LogP contribution in [0, 0.1) is 13.8 Å². The average Bonchev–Trinajstić information content (AvgIpc) is 2.49. The van der Waals surface area contributed by atoms with Crippen molar-refractivity contribution in [2.24, 2.45) is 0 Å². The van der Waals surface area contributed by atoms with Crippen LogP contribution in [0.1, 0.15) is 16.8 Å². The summed E-state index contributed by atoms with van der Waals surface area (Å²) in [4.78, 5) is 15.4. The maximum absolute atomic E-state index is 11.2. The van der Waals surface area contributed by atoms with E-state index in [-0.39, 0.29) is 0 Å². The molecule has 1 heterocycles. The van der Waals surface area contributed by atoms with E-state index in [0.29, 0.717) is 12.3 Å². The van der Waals surface area contributed by atoms with Crippen molar-refractivity contribution in [1.82, 2.24) is 4.98 Å². The lowest BCUT2D eigenvalue weighted by Gasteiger charge is -2.11. The number of rotatable bonds is 4. The minimum Gasteiger partial charge on any atom is -0.489 e.